The summed E-state index contributed by atoms with van der Waals surface area (Å²) in [6, 6.07) is 7.91. The van der Waals surface area contributed by atoms with Crippen molar-refractivity contribution < 1.29 is 4.79 Å². The van der Waals surface area contributed by atoms with Crippen molar-refractivity contribution >= 4 is 24.7 Å². The van der Waals surface area contributed by atoms with Crippen LogP contribution in [0.3, 0.4) is 0 Å². The van der Waals surface area contributed by atoms with Gasteiger partial charge in [-0.05, 0) is 0 Å². The van der Waals surface area contributed by atoms with Gasteiger partial charge in [0.2, 0.25) is 0 Å². The van der Waals surface area contributed by atoms with Crippen LogP contribution in [0.2, 0.25) is 14.8 Å². The van der Waals surface area contributed by atoms with Gasteiger partial charge in [0.05, 0.1) is 0 Å². The molecule has 0 spiro atoms. The van der Waals surface area contributed by atoms with Gasteiger partial charge in [-0.3, -0.25) is 0 Å². The van der Waals surface area contributed by atoms with Crippen molar-refractivity contribution in [3.8, 4) is 0 Å². The zero-order chi connectivity index (χ0) is 9.90. The topological polar surface area (TPSA) is 17.1 Å². The van der Waals surface area contributed by atoms with Gasteiger partial charge >= 0.3 is 84.1 Å². The molecule has 2 heteroatoms. The molecule has 0 aliphatic rings. The maximum atomic E-state index is 10.7. The summed E-state index contributed by atoms with van der Waals surface area (Å²) in [5, 5.41) is 0. The molecule has 0 saturated carbocycles. The van der Waals surface area contributed by atoms with Crippen LogP contribution in [-0.4, -0.2) is 24.7 Å². The van der Waals surface area contributed by atoms with E-state index in [1.54, 1.807) is 0 Å². The molecular formula is C11H16OSn. The van der Waals surface area contributed by atoms with Crippen LogP contribution in [-0.2, 0) is 4.44 Å². The zero-order valence-corrected chi connectivity index (χ0v) is 11.4. The molecule has 1 rings (SSSR count). The van der Waals surface area contributed by atoms with E-state index in [0.29, 0.717) is 0 Å². The van der Waals surface area contributed by atoms with E-state index in [9.17, 15) is 4.79 Å². The van der Waals surface area contributed by atoms with Crippen molar-refractivity contribution in [2.75, 3.05) is 0 Å². The SMILES string of the molecule is [CH3][Sn]([CH3])([CH3])[CH2]c1ccccc1C=O. The van der Waals surface area contributed by atoms with E-state index in [-0.39, 0.29) is 0 Å². The van der Waals surface area contributed by atoms with Gasteiger partial charge in [0.15, 0.2) is 0 Å². The maximum absolute atomic E-state index is 10.7. The van der Waals surface area contributed by atoms with E-state index in [1.165, 1.54) is 5.56 Å². The molecule has 0 aliphatic heterocycles. The molecule has 1 nitrogen and oxygen atoms in total. The third-order valence-corrected chi connectivity index (χ3v) is 6.02. The van der Waals surface area contributed by atoms with E-state index in [1.807, 2.05) is 18.2 Å². The Kier molecular flexibility index (Phi) is 3.54. The molecule has 0 fully saturated rings. The molecule has 0 saturated heterocycles. The Morgan fingerprint density at radius 3 is 2.38 bits per heavy atom. The monoisotopic (exact) mass is 284 g/mol. The second-order valence-corrected chi connectivity index (χ2v) is 20.2. The van der Waals surface area contributed by atoms with Crippen LogP contribution in [0.4, 0.5) is 0 Å². The summed E-state index contributed by atoms with van der Waals surface area (Å²) >= 11 is -1.79. The summed E-state index contributed by atoms with van der Waals surface area (Å²) in [5.74, 6) is 0. The summed E-state index contributed by atoms with van der Waals surface area (Å²) in [5.41, 5.74) is 2.11. The van der Waals surface area contributed by atoms with Crippen molar-refractivity contribution in [1.82, 2.24) is 0 Å². The van der Waals surface area contributed by atoms with Gasteiger partial charge in [-0.2, -0.15) is 0 Å². The first-order valence-electron chi connectivity index (χ1n) is 4.56. The standard InChI is InChI=1S/C8H7O.3CH3.Sn/c1-7-4-2-3-5-8(7)6-9;;;;/h2-6H,1H2;3*1H3;. The fraction of sp³-hybridized carbons (Fsp3) is 0.364. The molecule has 0 atom stereocenters. The first-order chi connectivity index (χ1) is 6.03. The molecule has 1 aromatic carbocycles. The number of benzene rings is 1. The third kappa shape index (κ3) is 3.51. The molecule has 0 aliphatic carbocycles. The average Bonchev–Trinajstić information content (AvgIpc) is 2.02. The van der Waals surface area contributed by atoms with Crippen LogP contribution in [0.15, 0.2) is 24.3 Å². The number of hydrogen-bond acceptors (Lipinski definition) is 1. The summed E-state index contributed by atoms with van der Waals surface area (Å²) in [6.07, 6.45) is 0.965. The van der Waals surface area contributed by atoms with Crippen molar-refractivity contribution in [3.63, 3.8) is 0 Å². The van der Waals surface area contributed by atoms with Crippen LogP contribution in [0, 0.1) is 0 Å². The molecule has 0 radical (unpaired) electrons. The van der Waals surface area contributed by atoms with Gasteiger partial charge in [-0.1, -0.05) is 0 Å². The normalized spacial score (nSPS) is 11.3. The number of aldehydes is 1. The van der Waals surface area contributed by atoms with E-state index in [4.69, 9.17) is 0 Å². The summed E-state index contributed by atoms with van der Waals surface area (Å²) in [4.78, 5) is 17.9. The number of carbonyl (C=O) groups excluding carboxylic acids is 1. The van der Waals surface area contributed by atoms with E-state index < -0.39 is 18.4 Å². The average molecular weight is 283 g/mol. The summed E-state index contributed by atoms with van der Waals surface area (Å²) in [7, 11) is 0. The Bertz CT molecular complexity index is 299. The quantitative estimate of drug-likeness (QED) is 0.615. The van der Waals surface area contributed by atoms with Crippen molar-refractivity contribution in [3.05, 3.63) is 35.4 Å². The van der Waals surface area contributed by atoms with Gasteiger partial charge in [-0.25, -0.2) is 0 Å². The molecule has 0 amide bonds. The third-order valence-electron chi connectivity index (χ3n) is 1.90. The fourth-order valence-corrected chi connectivity index (χ4v) is 5.56. The Labute approximate surface area is 84.0 Å². The molecule has 0 N–H and O–H groups in total. The van der Waals surface area contributed by atoms with Crippen molar-refractivity contribution in [2.45, 2.75) is 19.3 Å². The van der Waals surface area contributed by atoms with Crippen LogP contribution >= 0.6 is 0 Å². The Morgan fingerprint density at radius 2 is 1.85 bits per heavy atom. The zero-order valence-electron chi connectivity index (χ0n) is 8.50. The molecule has 70 valence electrons. The predicted molar refractivity (Wildman–Crippen MR) is 58.9 cm³/mol. The molecule has 0 bridgehead atoms. The second-order valence-electron chi connectivity index (χ2n) is 4.55. The van der Waals surface area contributed by atoms with E-state index in [2.05, 4.69) is 20.9 Å². The summed E-state index contributed by atoms with van der Waals surface area (Å²) < 4.78 is 1.16. The van der Waals surface area contributed by atoms with Crippen molar-refractivity contribution in [1.29, 1.82) is 0 Å². The number of carbonyl (C=O) groups is 1. The Morgan fingerprint density at radius 1 is 1.23 bits per heavy atom. The minimum atomic E-state index is -1.79. The number of rotatable bonds is 3. The van der Waals surface area contributed by atoms with Gasteiger partial charge in [0, 0.05) is 0 Å². The predicted octanol–water partition coefficient (Wildman–Crippen LogP) is 2.92. The molecule has 0 heterocycles. The van der Waals surface area contributed by atoms with Crippen molar-refractivity contribution in [2.24, 2.45) is 0 Å². The number of hydrogen-bond donors (Lipinski definition) is 0. The van der Waals surface area contributed by atoms with E-state index >= 15 is 0 Å². The Hall–Kier alpha value is -0.311. The van der Waals surface area contributed by atoms with E-state index in [0.717, 1.165) is 16.3 Å². The molecule has 0 aromatic heterocycles. The first kappa shape index (κ1) is 10.8. The van der Waals surface area contributed by atoms with Gasteiger partial charge in [-0.15, -0.1) is 0 Å². The minimum absolute atomic E-state index is 0.870. The van der Waals surface area contributed by atoms with Crippen LogP contribution in [0.5, 0.6) is 0 Å². The molecule has 13 heavy (non-hydrogen) atoms. The van der Waals surface area contributed by atoms with Gasteiger partial charge < -0.3 is 0 Å². The van der Waals surface area contributed by atoms with Crippen LogP contribution in [0.1, 0.15) is 15.9 Å². The first-order valence-corrected chi connectivity index (χ1v) is 15.1. The fourth-order valence-electron chi connectivity index (χ4n) is 1.38. The summed E-state index contributed by atoms with van der Waals surface area (Å²) in [6.45, 7) is 0. The van der Waals surface area contributed by atoms with Crippen LogP contribution in [0.25, 0.3) is 0 Å². The molecule has 0 unspecified atom stereocenters. The Balaban J connectivity index is 2.94. The van der Waals surface area contributed by atoms with Crippen LogP contribution < -0.4 is 0 Å². The molecule has 1 aromatic rings. The second kappa shape index (κ2) is 4.27. The molecular weight excluding hydrogens is 267 g/mol. The van der Waals surface area contributed by atoms with Gasteiger partial charge in [0.1, 0.15) is 0 Å². The van der Waals surface area contributed by atoms with Gasteiger partial charge in [0.25, 0.3) is 0 Å².